The van der Waals surface area contributed by atoms with Crippen LogP contribution >= 0.6 is 15.9 Å². The van der Waals surface area contributed by atoms with Gasteiger partial charge in [-0.05, 0) is 18.8 Å². The molecular weight excluding hydrogens is 316 g/mol. The van der Waals surface area contributed by atoms with Gasteiger partial charge in [0.2, 0.25) is 5.92 Å². The predicted molar refractivity (Wildman–Crippen MR) is 73.6 cm³/mol. The Bertz CT molecular complexity index is 432. The average molecular weight is 336 g/mol. The van der Waals surface area contributed by atoms with Crippen molar-refractivity contribution in [3.63, 3.8) is 0 Å². The van der Waals surface area contributed by atoms with Gasteiger partial charge in [0, 0.05) is 25.3 Å². The first kappa shape index (κ1) is 14.9. The van der Waals surface area contributed by atoms with Crippen LogP contribution in [0, 0.1) is 5.92 Å². The molecule has 1 aliphatic rings. The minimum Gasteiger partial charge on any atom is -0.314 e. The molecule has 1 fully saturated rings. The van der Waals surface area contributed by atoms with E-state index in [9.17, 15) is 8.78 Å². The lowest BCUT2D eigenvalue weighted by atomic mass is 9.86. The summed E-state index contributed by atoms with van der Waals surface area (Å²) in [5.74, 6) is -0.703. The van der Waals surface area contributed by atoms with Gasteiger partial charge in [-0.2, -0.15) is 0 Å². The van der Waals surface area contributed by atoms with Crippen LogP contribution in [-0.2, 0) is 11.9 Å². The highest BCUT2D eigenvalue weighted by Gasteiger charge is 2.38. The van der Waals surface area contributed by atoms with Gasteiger partial charge >= 0.3 is 0 Å². The zero-order valence-corrected chi connectivity index (χ0v) is 13.0. The molecule has 3 nitrogen and oxygen atoms in total. The van der Waals surface area contributed by atoms with Crippen LogP contribution in [0.4, 0.5) is 8.78 Å². The molecule has 1 aliphatic carbocycles. The molecule has 2 rings (SSSR count). The smallest absolute Gasteiger partial charge is 0.248 e. The van der Waals surface area contributed by atoms with Crippen molar-refractivity contribution in [2.45, 2.75) is 63.2 Å². The summed E-state index contributed by atoms with van der Waals surface area (Å²) >= 11 is 3.39. The highest BCUT2D eigenvalue weighted by Crippen LogP contribution is 2.41. The highest BCUT2D eigenvalue weighted by molar-refractivity contribution is 9.08. The van der Waals surface area contributed by atoms with Crippen molar-refractivity contribution in [2.24, 2.45) is 5.92 Å². The quantitative estimate of drug-likeness (QED) is 0.775. The van der Waals surface area contributed by atoms with Crippen LogP contribution in [0.3, 0.4) is 0 Å². The summed E-state index contributed by atoms with van der Waals surface area (Å²) in [4.78, 5) is 0. The second-order valence-corrected chi connectivity index (χ2v) is 6.32. The Morgan fingerprint density at radius 1 is 1.42 bits per heavy atom. The third kappa shape index (κ3) is 3.52. The number of halogens is 3. The second kappa shape index (κ2) is 5.85. The summed E-state index contributed by atoms with van der Waals surface area (Å²) in [7, 11) is 0. The number of hydrogen-bond acceptors (Lipinski definition) is 2. The topological polar surface area (TPSA) is 30.7 Å². The van der Waals surface area contributed by atoms with E-state index in [0.717, 1.165) is 24.6 Å². The van der Waals surface area contributed by atoms with Gasteiger partial charge in [-0.3, -0.25) is 0 Å². The fraction of sp³-hybridized carbons (Fsp3) is 0.846. The summed E-state index contributed by atoms with van der Waals surface area (Å²) in [5, 5.41) is 8.92. The second-order valence-electron chi connectivity index (χ2n) is 5.76. The molecule has 19 heavy (non-hydrogen) atoms. The molecule has 1 unspecified atom stereocenters. The van der Waals surface area contributed by atoms with Gasteiger partial charge in [0.25, 0.3) is 0 Å². The van der Waals surface area contributed by atoms with Crippen LogP contribution in [0.15, 0.2) is 0 Å². The Morgan fingerprint density at radius 2 is 2.16 bits per heavy atom. The third-order valence-corrected chi connectivity index (χ3v) is 4.03. The summed E-state index contributed by atoms with van der Waals surface area (Å²) in [5.41, 5.74) is 0. The number of alkyl halides is 3. The maximum atomic E-state index is 13.6. The zero-order valence-electron chi connectivity index (χ0n) is 11.4. The van der Waals surface area contributed by atoms with E-state index in [1.807, 2.05) is 4.57 Å². The first-order valence-electron chi connectivity index (χ1n) is 6.78. The van der Waals surface area contributed by atoms with E-state index in [1.165, 1.54) is 0 Å². The van der Waals surface area contributed by atoms with Gasteiger partial charge in [0.1, 0.15) is 11.6 Å². The molecule has 0 N–H and O–H groups in total. The Balaban J connectivity index is 2.26. The van der Waals surface area contributed by atoms with Gasteiger partial charge in [0.15, 0.2) is 0 Å². The van der Waals surface area contributed by atoms with Crippen molar-refractivity contribution < 1.29 is 8.78 Å². The van der Waals surface area contributed by atoms with Crippen LogP contribution in [0.2, 0.25) is 0 Å². The van der Waals surface area contributed by atoms with E-state index in [-0.39, 0.29) is 18.8 Å². The average Bonchev–Trinajstić information content (AvgIpc) is 2.69. The lowest BCUT2D eigenvalue weighted by molar-refractivity contribution is -0.0421. The molecule has 0 saturated heterocycles. The van der Waals surface area contributed by atoms with E-state index in [0.29, 0.717) is 17.7 Å². The molecule has 1 saturated carbocycles. The SMILES string of the molecule is CC(C)Cn1c(CBr)nnc1C1CCCC(F)(F)C1. The molecule has 1 aromatic heterocycles. The summed E-state index contributed by atoms with van der Waals surface area (Å²) < 4.78 is 29.1. The number of nitrogens with zero attached hydrogens (tertiary/aromatic N) is 3. The van der Waals surface area contributed by atoms with E-state index in [1.54, 1.807) is 0 Å². The molecule has 6 heteroatoms. The van der Waals surface area contributed by atoms with Crippen LogP contribution in [0.5, 0.6) is 0 Å². The van der Waals surface area contributed by atoms with Crippen molar-refractivity contribution in [1.82, 2.24) is 14.8 Å². The molecule has 108 valence electrons. The Hall–Kier alpha value is -0.520. The molecule has 1 heterocycles. The first-order valence-corrected chi connectivity index (χ1v) is 7.91. The van der Waals surface area contributed by atoms with Crippen LogP contribution in [0.1, 0.15) is 57.1 Å². The van der Waals surface area contributed by atoms with E-state index in [4.69, 9.17) is 0 Å². The molecule has 0 bridgehead atoms. The Morgan fingerprint density at radius 3 is 2.74 bits per heavy atom. The molecule has 0 aromatic carbocycles. The Labute approximate surface area is 120 Å². The van der Waals surface area contributed by atoms with Gasteiger partial charge < -0.3 is 4.57 Å². The van der Waals surface area contributed by atoms with E-state index in [2.05, 4.69) is 40.0 Å². The Kier molecular flexibility index (Phi) is 4.58. The van der Waals surface area contributed by atoms with Crippen molar-refractivity contribution >= 4 is 15.9 Å². The number of aromatic nitrogens is 3. The van der Waals surface area contributed by atoms with Crippen LogP contribution in [-0.4, -0.2) is 20.7 Å². The lowest BCUT2D eigenvalue weighted by Gasteiger charge is -2.28. The molecule has 0 amide bonds. The molecule has 1 atom stereocenters. The third-order valence-electron chi connectivity index (χ3n) is 3.53. The van der Waals surface area contributed by atoms with Gasteiger partial charge in [0.05, 0.1) is 5.33 Å². The zero-order chi connectivity index (χ0) is 14.0. The van der Waals surface area contributed by atoms with Crippen molar-refractivity contribution in [3.05, 3.63) is 11.6 Å². The molecule has 1 aromatic rings. The van der Waals surface area contributed by atoms with Crippen molar-refractivity contribution in [3.8, 4) is 0 Å². The van der Waals surface area contributed by atoms with Gasteiger partial charge in [-0.25, -0.2) is 8.78 Å². The summed E-state index contributed by atoms with van der Waals surface area (Å²) in [6.45, 7) is 5.00. The van der Waals surface area contributed by atoms with Crippen LogP contribution < -0.4 is 0 Å². The highest BCUT2D eigenvalue weighted by atomic mass is 79.9. The largest absolute Gasteiger partial charge is 0.314 e. The molecule has 0 aliphatic heterocycles. The van der Waals surface area contributed by atoms with E-state index < -0.39 is 5.92 Å². The number of hydrogen-bond donors (Lipinski definition) is 0. The predicted octanol–water partition coefficient (Wildman–Crippen LogP) is 4.12. The first-order chi connectivity index (χ1) is 8.93. The maximum absolute atomic E-state index is 13.6. The van der Waals surface area contributed by atoms with Crippen molar-refractivity contribution in [1.29, 1.82) is 0 Å². The van der Waals surface area contributed by atoms with E-state index >= 15 is 0 Å². The fourth-order valence-electron chi connectivity index (χ4n) is 2.71. The normalized spacial score (nSPS) is 22.9. The van der Waals surface area contributed by atoms with Gasteiger partial charge in [-0.1, -0.05) is 29.8 Å². The number of rotatable bonds is 4. The maximum Gasteiger partial charge on any atom is 0.248 e. The standard InChI is InChI=1S/C13H20BrF2N3/c1-9(2)8-19-11(7-14)17-18-12(19)10-4-3-5-13(15,16)6-10/h9-10H,3-8H2,1-2H3. The fourth-order valence-corrected chi connectivity index (χ4v) is 3.12. The molecule has 0 radical (unpaired) electrons. The molecule has 0 spiro atoms. The minimum absolute atomic E-state index is 0.00706. The van der Waals surface area contributed by atoms with Crippen molar-refractivity contribution in [2.75, 3.05) is 0 Å². The lowest BCUT2D eigenvalue weighted by Crippen LogP contribution is -2.27. The van der Waals surface area contributed by atoms with Gasteiger partial charge in [-0.15, -0.1) is 10.2 Å². The summed E-state index contributed by atoms with van der Waals surface area (Å²) in [6, 6.07) is 0. The minimum atomic E-state index is -2.55. The molecular formula is C13H20BrF2N3. The summed E-state index contributed by atoms with van der Waals surface area (Å²) in [6.07, 6.45) is 1.27. The van der Waals surface area contributed by atoms with Crippen LogP contribution in [0.25, 0.3) is 0 Å². The monoisotopic (exact) mass is 335 g/mol.